The van der Waals surface area contributed by atoms with Crippen LogP contribution in [0.4, 0.5) is 0 Å². The summed E-state index contributed by atoms with van der Waals surface area (Å²) >= 11 is 0. The van der Waals surface area contributed by atoms with Crippen LogP contribution < -0.4 is 4.74 Å². The zero-order valence-corrected chi connectivity index (χ0v) is 14.9. The molecule has 0 atom stereocenters. The molecule has 4 rings (SSSR count). The Bertz CT molecular complexity index is 893. The molecule has 1 aliphatic heterocycles. The number of H-pyrrole nitrogens is 1. The number of hydrogen-bond acceptors (Lipinski definition) is 3. The maximum Gasteiger partial charge on any atom is 0.226 e. The van der Waals surface area contributed by atoms with Gasteiger partial charge in [-0.05, 0) is 54.2 Å². The van der Waals surface area contributed by atoms with E-state index in [-0.39, 0.29) is 5.91 Å². The van der Waals surface area contributed by atoms with Crippen LogP contribution in [0.25, 0.3) is 11.0 Å². The molecule has 26 heavy (non-hydrogen) atoms. The molecule has 1 aromatic carbocycles. The quantitative estimate of drug-likeness (QED) is 0.784. The summed E-state index contributed by atoms with van der Waals surface area (Å²) in [6, 6.07) is 11.7. The fourth-order valence-corrected chi connectivity index (χ4v) is 3.76. The van der Waals surface area contributed by atoms with Gasteiger partial charge in [0.2, 0.25) is 5.91 Å². The average Bonchev–Trinajstić information content (AvgIpc) is 3.13. The van der Waals surface area contributed by atoms with E-state index in [0.717, 1.165) is 48.3 Å². The van der Waals surface area contributed by atoms with Crippen LogP contribution in [0.15, 0.2) is 48.8 Å². The number of ether oxygens (including phenoxy) is 1. The number of piperidine rings is 1. The number of nitrogens with one attached hydrogen (secondary N) is 1. The topological polar surface area (TPSA) is 58.2 Å². The smallest absolute Gasteiger partial charge is 0.226 e. The molecule has 1 saturated heterocycles. The van der Waals surface area contributed by atoms with Gasteiger partial charge in [-0.25, -0.2) is 0 Å². The molecule has 1 fully saturated rings. The maximum atomic E-state index is 12.6. The van der Waals surface area contributed by atoms with Crippen molar-refractivity contribution < 1.29 is 9.53 Å². The van der Waals surface area contributed by atoms with Crippen molar-refractivity contribution in [2.24, 2.45) is 0 Å². The summed E-state index contributed by atoms with van der Waals surface area (Å²) in [5.41, 5.74) is 4.46. The zero-order chi connectivity index (χ0) is 17.9. The Morgan fingerprint density at radius 2 is 2.00 bits per heavy atom. The molecule has 1 N–H and O–H groups in total. The largest absolute Gasteiger partial charge is 0.497 e. The number of fused-ring (bicyclic) bond motifs is 1. The molecule has 1 amide bonds. The predicted molar refractivity (Wildman–Crippen MR) is 101 cm³/mol. The third kappa shape index (κ3) is 3.29. The van der Waals surface area contributed by atoms with Gasteiger partial charge in [0.05, 0.1) is 24.6 Å². The highest BCUT2D eigenvalue weighted by Gasteiger charge is 2.25. The summed E-state index contributed by atoms with van der Waals surface area (Å²) in [4.78, 5) is 22.4. The lowest BCUT2D eigenvalue weighted by molar-refractivity contribution is -0.131. The van der Waals surface area contributed by atoms with E-state index < -0.39 is 0 Å². The van der Waals surface area contributed by atoms with Gasteiger partial charge in [-0.2, -0.15) is 0 Å². The van der Waals surface area contributed by atoms with Crippen LogP contribution in [0.1, 0.15) is 29.9 Å². The molecule has 0 radical (unpaired) electrons. The minimum absolute atomic E-state index is 0.200. The molecule has 134 valence electrons. The van der Waals surface area contributed by atoms with Crippen LogP contribution in [-0.2, 0) is 11.2 Å². The summed E-state index contributed by atoms with van der Waals surface area (Å²) in [6.45, 7) is 1.61. The minimum Gasteiger partial charge on any atom is -0.497 e. The van der Waals surface area contributed by atoms with Gasteiger partial charge >= 0.3 is 0 Å². The summed E-state index contributed by atoms with van der Waals surface area (Å²) in [5, 5.41) is 0. The molecular formula is C21H23N3O2. The number of amides is 1. The molecule has 5 heteroatoms. The van der Waals surface area contributed by atoms with E-state index >= 15 is 0 Å². The van der Waals surface area contributed by atoms with Crippen LogP contribution in [0.5, 0.6) is 5.75 Å². The van der Waals surface area contributed by atoms with Gasteiger partial charge in [-0.15, -0.1) is 0 Å². The van der Waals surface area contributed by atoms with Crippen LogP contribution >= 0.6 is 0 Å². The van der Waals surface area contributed by atoms with E-state index in [1.54, 1.807) is 7.11 Å². The minimum atomic E-state index is 0.200. The van der Waals surface area contributed by atoms with E-state index in [1.165, 1.54) is 5.56 Å². The maximum absolute atomic E-state index is 12.6. The van der Waals surface area contributed by atoms with Gasteiger partial charge in [0.25, 0.3) is 0 Å². The summed E-state index contributed by atoms with van der Waals surface area (Å²) in [7, 11) is 1.65. The van der Waals surface area contributed by atoms with Gasteiger partial charge < -0.3 is 14.6 Å². The number of aromatic nitrogens is 2. The fraction of sp³-hybridized carbons (Fsp3) is 0.333. The number of likely N-dealkylation sites (tertiary alicyclic amines) is 1. The van der Waals surface area contributed by atoms with Crippen LogP contribution in [-0.4, -0.2) is 41.0 Å². The van der Waals surface area contributed by atoms with Crippen molar-refractivity contribution in [1.82, 2.24) is 14.9 Å². The molecule has 0 spiro atoms. The molecule has 0 bridgehead atoms. The Morgan fingerprint density at radius 1 is 1.23 bits per heavy atom. The highest BCUT2D eigenvalue weighted by atomic mass is 16.5. The molecule has 3 heterocycles. The molecule has 5 nitrogen and oxygen atoms in total. The van der Waals surface area contributed by atoms with Crippen molar-refractivity contribution in [3.63, 3.8) is 0 Å². The second kappa shape index (κ2) is 7.20. The van der Waals surface area contributed by atoms with E-state index in [4.69, 9.17) is 4.74 Å². The molecule has 1 aliphatic rings. The number of carbonyl (C=O) groups excluding carboxylic acids is 1. The van der Waals surface area contributed by atoms with Crippen molar-refractivity contribution in [1.29, 1.82) is 0 Å². The second-order valence-corrected chi connectivity index (χ2v) is 6.82. The molecule has 0 aliphatic carbocycles. The summed E-state index contributed by atoms with van der Waals surface area (Å²) < 4.78 is 5.17. The lowest BCUT2D eigenvalue weighted by atomic mass is 9.90. The molecule has 0 saturated carbocycles. The van der Waals surface area contributed by atoms with Crippen LogP contribution in [0, 0.1) is 0 Å². The van der Waals surface area contributed by atoms with Gasteiger partial charge in [0.15, 0.2) is 0 Å². The molecular weight excluding hydrogens is 326 g/mol. The number of carbonyl (C=O) groups is 1. The lowest BCUT2D eigenvalue weighted by Gasteiger charge is -2.32. The van der Waals surface area contributed by atoms with Gasteiger partial charge in [0.1, 0.15) is 5.75 Å². The van der Waals surface area contributed by atoms with Crippen molar-refractivity contribution in [3.05, 3.63) is 59.9 Å². The summed E-state index contributed by atoms with van der Waals surface area (Å²) in [6.07, 6.45) is 6.34. The predicted octanol–water partition coefficient (Wildman–Crippen LogP) is 3.52. The highest BCUT2D eigenvalue weighted by molar-refractivity contribution is 5.80. The fourth-order valence-electron chi connectivity index (χ4n) is 3.76. The third-order valence-electron chi connectivity index (χ3n) is 5.27. The number of nitrogens with zero attached hydrogens (tertiary/aromatic N) is 2. The number of methoxy groups -OCH3 is 1. The second-order valence-electron chi connectivity index (χ2n) is 6.82. The molecule has 0 unspecified atom stereocenters. The third-order valence-corrected chi connectivity index (χ3v) is 5.27. The lowest BCUT2D eigenvalue weighted by Crippen LogP contribution is -2.38. The van der Waals surface area contributed by atoms with Crippen molar-refractivity contribution in [3.8, 4) is 5.75 Å². The molecule has 2 aromatic heterocycles. The normalized spacial score (nSPS) is 15.3. The van der Waals surface area contributed by atoms with Gasteiger partial charge in [0, 0.05) is 25.5 Å². The first-order chi connectivity index (χ1) is 12.7. The zero-order valence-electron chi connectivity index (χ0n) is 14.9. The van der Waals surface area contributed by atoms with Gasteiger partial charge in [-0.3, -0.25) is 9.78 Å². The monoisotopic (exact) mass is 349 g/mol. The Kier molecular flexibility index (Phi) is 4.61. The highest BCUT2D eigenvalue weighted by Crippen LogP contribution is 2.32. The van der Waals surface area contributed by atoms with E-state index in [9.17, 15) is 4.79 Å². The Balaban J connectivity index is 1.37. The van der Waals surface area contributed by atoms with E-state index in [1.807, 2.05) is 41.4 Å². The van der Waals surface area contributed by atoms with Crippen LogP contribution in [0.2, 0.25) is 0 Å². The van der Waals surface area contributed by atoms with Crippen LogP contribution in [0.3, 0.4) is 0 Å². The first-order valence-corrected chi connectivity index (χ1v) is 9.07. The molecule has 3 aromatic rings. The number of benzene rings is 1. The van der Waals surface area contributed by atoms with Crippen molar-refractivity contribution in [2.75, 3.05) is 20.2 Å². The first kappa shape index (κ1) is 16.6. The van der Waals surface area contributed by atoms with E-state index in [0.29, 0.717) is 12.3 Å². The van der Waals surface area contributed by atoms with Gasteiger partial charge in [-0.1, -0.05) is 12.1 Å². The Hall–Kier alpha value is -2.82. The first-order valence-electron chi connectivity index (χ1n) is 9.07. The number of pyridine rings is 1. The number of aromatic amines is 1. The van der Waals surface area contributed by atoms with Crippen molar-refractivity contribution in [2.45, 2.75) is 25.2 Å². The number of rotatable bonds is 4. The average molecular weight is 349 g/mol. The SMILES string of the molecule is COc1ccc(CC(=O)N2CCC(c3c[nH]c4cccnc34)CC2)cc1. The Labute approximate surface area is 153 Å². The summed E-state index contributed by atoms with van der Waals surface area (Å²) in [5.74, 6) is 1.48. The van der Waals surface area contributed by atoms with E-state index in [2.05, 4.69) is 22.2 Å². The number of hydrogen-bond donors (Lipinski definition) is 1. The Morgan fingerprint density at radius 3 is 2.73 bits per heavy atom. The standard InChI is InChI=1S/C21H23N3O2/c1-26-17-6-4-15(5-7-17)13-20(25)24-11-8-16(9-12-24)18-14-23-19-3-2-10-22-21(18)19/h2-7,10,14,16,23H,8-9,11-13H2,1H3. The van der Waals surface area contributed by atoms with Crippen molar-refractivity contribution >= 4 is 16.9 Å².